The first-order valence-corrected chi connectivity index (χ1v) is 5.67. The summed E-state index contributed by atoms with van der Waals surface area (Å²) in [7, 11) is -4.31. The quantitative estimate of drug-likeness (QED) is 0.304. The zero-order valence-electron chi connectivity index (χ0n) is 7.13. The van der Waals surface area contributed by atoms with E-state index >= 15 is 0 Å². The fourth-order valence-electron chi connectivity index (χ4n) is 0.818. The van der Waals surface area contributed by atoms with E-state index in [1.807, 2.05) is 0 Å². The summed E-state index contributed by atoms with van der Waals surface area (Å²) in [5.41, 5.74) is 5.60. The highest BCUT2D eigenvalue weighted by molar-refractivity contribution is 7.86. The highest BCUT2D eigenvalue weighted by atomic mass is 32.2. The lowest BCUT2D eigenvalue weighted by Crippen LogP contribution is -1.99. The number of nitrogen functional groups attached to an aromatic ring is 1. The van der Waals surface area contributed by atoms with Crippen LogP contribution in [0.4, 0.5) is 5.00 Å². The SMILES string of the molecule is CC(=NO)c1cc(S(=O)(=O)O)c(N)s1. The summed E-state index contributed by atoms with van der Waals surface area (Å²) in [5, 5.41) is 11.3. The van der Waals surface area contributed by atoms with E-state index in [0.717, 1.165) is 17.4 Å². The van der Waals surface area contributed by atoms with Crippen LogP contribution in [0.3, 0.4) is 0 Å². The first kappa shape index (κ1) is 11.0. The summed E-state index contributed by atoms with van der Waals surface area (Å²) in [5.74, 6) is 0. The molecule has 0 saturated carbocycles. The number of oxime groups is 1. The second-order valence-electron chi connectivity index (χ2n) is 2.50. The standard InChI is InChI=1S/C6H8N2O4S2/c1-3(8-9)4-2-5(6(7)13-4)14(10,11)12/h2,9H,7H2,1H3,(H,10,11,12). The molecule has 1 heterocycles. The van der Waals surface area contributed by atoms with Crippen LogP contribution >= 0.6 is 11.3 Å². The van der Waals surface area contributed by atoms with Gasteiger partial charge in [0.15, 0.2) is 0 Å². The predicted octanol–water partition coefficient (Wildman–Crippen LogP) is 0.775. The van der Waals surface area contributed by atoms with Crippen LogP contribution in [-0.2, 0) is 10.1 Å². The molecule has 1 rings (SSSR count). The van der Waals surface area contributed by atoms with Crippen molar-refractivity contribution in [1.82, 2.24) is 0 Å². The highest BCUT2D eigenvalue weighted by Crippen LogP contribution is 2.29. The number of hydrogen-bond donors (Lipinski definition) is 3. The Labute approximate surface area is 84.4 Å². The van der Waals surface area contributed by atoms with Crippen LogP contribution in [0.2, 0.25) is 0 Å². The second kappa shape index (κ2) is 3.56. The van der Waals surface area contributed by atoms with Crippen LogP contribution in [0.25, 0.3) is 0 Å². The molecule has 0 aliphatic heterocycles. The number of rotatable bonds is 2. The van der Waals surface area contributed by atoms with Gasteiger partial charge in [-0.05, 0) is 13.0 Å². The number of nitrogens with zero attached hydrogens (tertiary/aromatic N) is 1. The Morgan fingerprint density at radius 2 is 2.21 bits per heavy atom. The monoisotopic (exact) mass is 236 g/mol. The van der Waals surface area contributed by atoms with Gasteiger partial charge in [-0.15, -0.1) is 11.3 Å². The minimum atomic E-state index is -4.31. The summed E-state index contributed by atoms with van der Waals surface area (Å²) in [6.07, 6.45) is 0. The van der Waals surface area contributed by atoms with Gasteiger partial charge in [0.1, 0.15) is 9.90 Å². The third-order valence-electron chi connectivity index (χ3n) is 1.51. The molecule has 6 nitrogen and oxygen atoms in total. The summed E-state index contributed by atoms with van der Waals surface area (Å²) in [6, 6.07) is 1.16. The van der Waals surface area contributed by atoms with Gasteiger partial charge in [0.2, 0.25) is 0 Å². The van der Waals surface area contributed by atoms with Gasteiger partial charge in [-0.25, -0.2) is 0 Å². The summed E-state index contributed by atoms with van der Waals surface area (Å²) < 4.78 is 30.2. The molecule has 0 radical (unpaired) electrons. The fraction of sp³-hybridized carbons (Fsp3) is 0.167. The Kier molecular flexibility index (Phi) is 2.79. The van der Waals surface area contributed by atoms with Gasteiger partial charge in [0, 0.05) is 0 Å². The minimum Gasteiger partial charge on any atom is -0.411 e. The number of anilines is 1. The molecule has 0 aliphatic carbocycles. The molecule has 0 atom stereocenters. The molecule has 78 valence electrons. The highest BCUT2D eigenvalue weighted by Gasteiger charge is 2.18. The Morgan fingerprint density at radius 1 is 1.64 bits per heavy atom. The molecule has 0 spiro atoms. The maximum Gasteiger partial charge on any atom is 0.297 e. The third-order valence-corrected chi connectivity index (χ3v) is 3.61. The van der Waals surface area contributed by atoms with Gasteiger partial charge in [-0.3, -0.25) is 4.55 Å². The first-order chi connectivity index (χ1) is 6.36. The van der Waals surface area contributed by atoms with Crippen LogP contribution in [0.5, 0.6) is 0 Å². The largest absolute Gasteiger partial charge is 0.411 e. The average molecular weight is 236 g/mol. The van der Waals surface area contributed by atoms with E-state index in [2.05, 4.69) is 5.16 Å². The van der Waals surface area contributed by atoms with Crippen molar-refractivity contribution in [3.05, 3.63) is 10.9 Å². The molecular formula is C6H8N2O4S2. The van der Waals surface area contributed by atoms with Gasteiger partial charge in [0.05, 0.1) is 10.6 Å². The van der Waals surface area contributed by atoms with Crippen LogP contribution in [0, 0.1) is 0 Å². The Morgan fingerprint density at radius 3 is 2.57 bits per heavy atom. The van der Waals surface area contributed by atoms with Crippen LogP contribution in [0.15, 0.2) is 16.1 Å². The predicted molar refractivity (Wildman–Crippen MR) is 52.5 cm³/mol. The maximum absolute atomic E-state index is 10.8. The van der Waals surface area contributed by atoms with Crippen molar-refractivity contribution in [3.63, 3.8) is 0 Å². The molecule has 4 N–H and O–H groups in total. The van der Waals surface area contributed by atoms with Crippen molar-refractivity contribution in [2.75, 3.05) is 5.73 Å². The molecule has 0 fully saturated rings. The Bertz CT molecular complexity index is 474. The van der Waals surface area contributed by atoms with Crippen molar-refractivity contribution >= 4 is 32.2 Å². The lowest BCUT2D eigenvalue weighted by atomic mass is 10.3. The lowest BCUT2D eigenvalue weighted by Gasteiger charge is -1.91. The summed E-state index contributed by atoms with van der Waals surface area (Å²) >= 11 is 0.922. The van der Waals surface area contributed by atoms with E-state index in [1.165, 1.54) is 6.92 Å². The number of thiophene rings is 1. The molecule has 14 heavy (non-hydrogen) atoms. The zero-order valence-corrected chi connectivity index (χ0v) is 8.76. The fourth-order valence-corrected chi connectivity index (χ4v) is 2.62. The molecule has 0 amide bonds. The zero-order chi connectivity index (χ0) is 10.9. The van der Waals surface area contributed by atoms with E-state index in [-0.39, 0.29) is 15.6 Å². The molecule has 0 bridgehead atoms. The van der Waals surface area contributed by atoms with Crippen LogP contribution in [0.1, 0.15) is 11.8 Å². The first-order valence-electron chi connectivity index (χ1n) is 3.42. The van der Waals surface area contributed by atoms with E-state index < -0.39 is 10.1 Å². The van der Waals surface area contributed by atoms with Crippen molar-refractivity contribution < 1.29 is 18.2 Å². The van der Waals surface area contributed by atoms with E-state index in [1.54, 1.807) is 0 Å². The third kappa shape index (κ3) is 2.03. The Balaban J connectivity index is 3.33. The van der Waals surface area contributed by atoms with E-state index in [9.17, 15) is 8.42 Å². The minimum absolute atomic E-state index is 0.0366. The summed E-state index contributed by atoms with van der Waals surface area (Å²) in [4.78, 5) is 0.0260. The molecule has 0 saturated heterocycles. The van der Waals surface area contributed by atoms with Crippen molar-refractivity contribution in [3.8, 4) is 0 Å². The second-order valence-corrected chi connectivity index (χ2v) is 4.97. The van der Waals surface area contributed by atoms with Gasteiger partial charge < -0.3 is 10.9 Å². The summed E-state index contributed by atoms with van der Waals surface area (Å²) in [6.45, 7) is 1.49. The van der Waals surface area contributed by atoms with Crippen molar-refractivity contribution in [2.45, 2.75) is 11.8 Å². The molecule has 1 aromatic rings. The molecule has 1 aromatic heterocycles. The topological polar surface area (TPSA) is 113 Å². The van der Waals surface area contributed by atoms with Gasteiger partial charge >= 0.3 is 0 Å². The van der Waals surface area contributed by atoms with Crippen LogP contribution < -0.4 is 5.73 Å². The molecular weight excluding hydrogens is 228 g/mol. The number of hydrogen-bond acceptors (Lipinski definition) is 6. The van der Waals surface area contributed by atoms with Crippen LogP contribution in [-0.4, -0.2) is 23.9 Å². The molecule has 0 aliphatic rings. The van der Waals surface area contributed by atoms with Gasteiger partial charge in [-0.1, -0.05) is 5.16 Å². The Hall–Kier alpha value is -1.12. The average Bonchev–Trinajstić information content (AvgIpc) is 2.45. The normalized spacial score (nSPS) is 13.1. The number of nitrogens with two attached hydrogens (primary N) is 1. The van der Waals surface area contributed by atoms with E-state index in [4.69, 9.17) is 15.5 Å². The maximum atomic E-state index is 10.8. The van der Waals surface area contributed by atoms with Gasteiger partial charge in [-0.2, -0.15) is 8.42 Å². The molecule has 0 aromatic carbocycles. The van der Waals surface area contributed by atoms with E-state index in [0.29, 0.717) is 4.88 Å². The molecule has 0 unspecified atom stereocenters. The van der Waals surface area contributed by atoms with Gasteiger partial charge in [0.25, 0.3) is 10.1 Å². The smallest absolute Gasteiger partial charge is 0.297 e. The molecule has 8 heteroatoms. The van der Waals surface area contributed by atoms with Crippen molar-refractivity contribution in [2.24, 2.45) is 5.16 Å². The van der Waals surface area contributed by atoms with Crippen molar-refractivity contribution in [1.29, 1.82) is 0 Å². The lowest BCUT2D eigenvalue weighted by molar-refractivity contribution is 0.319.